The van der Waals surface area contributed by atoms with Crippen LogP contribution in [-0.4, -0.2) is 4.98 Å². The van der Waals surface area contributed by atoms with E-state index in [9.17, 15) is 17.6 Å². The molecule has 18 heavy (non-hydrogen) atoms. The number of aryl methyl sites for hydroxylation is 1. The highest BCUT2D eigenvalue weighted by Gasteiger charge is 2.34. The van der Waals surface area contributed by atoms with Crippen molar-refractivity contribution in [2.45, 2.75) is 13.1 Å². The van der Waals surface area contributed by atoms with Gasteiger partial charge >= 0.3 is 6.18 Å². The number of thiazole rings is 1. The molecule has 96 valence electrons. The Labute approximate surface area is 104 Å². The van der Waals surface area contributed by atoms with Gasteiger partial charge < -0.3 is 5.73 Å². The molecule has 2 aromatic rings. The van der Waals surface area contributed by atoms with Crippen molar-refractivity contribution in [2.24, 2.45) is 0 Å². The molecule has 0 saturated heterocycles. The molecule has 0 amide bonds. The van der Waals surface area contributed by atoms with Crippen LogP contribution in [-0.2, 0) is 6.18 Å². The number of nitrogen functional groups attached to an aromatic ring is 1. The molecule has 1 heterocycles. The molecule has 0 aliphatic heterocycles. The molecular weight excluding hydrogens is 268 g/mol. The highest BCUT2D eigenvalue weighted by atomic mass is 32.1. The molecule has 0 bridgehead atoms. The standard InChI is InChI=1S/C11H8F4N2S/c1-5-2-7(12)6(3-8(5)16)9-4-17-10(18-9)11(13,14)15/h2-4H,16H2,1H3. The average Bonchev–Trinajstić information content (AvgIpc) is 2.72. The summed E-state index contributed by atoms with van der Waals surface area (Å²) in [5.74, 6) is -0.612. The van der Waals surface area contributed by atoms with Crippen LogP contribution >= 0.6 is 11.3 Å². The Morgan fingerprint density at radius 1 is 1.28 bits per heavy atom. The van der Waals surface area contributed by atoms with Crippen molar-refractivity contribution < 1.29 is 17.6 Å². The molecule has 1 aromatic carbocycles. The number of halogens is 4. The Morgan fingerprint density at radius 2 is 1.94 bits per heavy atom. The summed E-state index contributed by atoms with van der Waals surface area (Å²) in [6.07, 6.45) is -3.52. The number of benzene rings is 1. The average molecular weight is 276 g/mol. The molecule has 2 nitrogen and oxygen atoms in total. The second-order valence-corrected chi connectivity index (χ2v) is 4.75. The van der Waals surface area contributed by atoms with Gasteiger partial charge in [-0.1, -0.05) is 0 Å². The van der Waals surface area contributed by atoms with Gasteiger partial charge in [-0.3, -0.25) is 0 Å². The minimum atomic E-state index is -4.52. The van der Waals surface area contributed by atoms with Crippen LogP contribution in [0.25, 0.3) is 10.4 Å². The van der Waals surface area contributed by atoms with E-state index in [0.29, 0.717) is 22.6 Å². The Hall–Kier alpha value is -1.63. The first-order valence-electron chi connectivity index (χ1n) is 4.88. The highest BCUT2D eigenvalue weighted by molar-refractivity contribution is 7.15. The smallest absolute Gasteiger partial charge is 0.398 e. The molecule has 0 radical (unpaired) electrons. The van der Waals surface area contributed by atoms with E-state index in [4.69, 9.17) is 5.73 Å². The van der Waals surface area contributed by atoms with Gasteiger partial charge in [0.15, 0.2) is 5.01 Å². The predicted octanol–water partition coefficient (Wildman–Crippen LogP) is 3.86. The van der Waals surface area contributed by atoms with E-state index in [2.05, 4.69) is 4.98 Å². The number of anilines is 1. The lowest BCUT2D eigenvalue weighted by molar-refractivity contribution is -0.137. The van der Waals surface area contributed by atoms with Crippen molar-refractivity contribution >= 4 is 17.0 Å². The summed E-state index contributed by atoms with van der Waals surface area (Å²) in [6, 6.07) is 2.51. The predicted molar refractivity (Wildman–Crippen MR) is 61.7 cm³/mol. The highest BCUT2D eigenvalue weighted by Crippen LogP contribution is 2.37. The second-order valence-electron chi connectivity index (χ2n) is 3.72. The summed E-state index contributed by atoms with van der Waals surface area (Å²) in [4.78, 5) is 3.35. The molecule has 0 unspecified atom stereocenters. The fraction of sp³-hybridized carbons (Fsp3) is 0.182. The van der Waals surface area contributed by atoms with Crippen LogP contribution in [0.1, 0.15) is 10.6 Å². The largest absolute Gasteiger partial charge is 0.443 e. The lowest BCUT2D eigenvalue weighted by Gasteiger charge is -2.05. The Kier molecular flexibility index (Phi) is 3.02. The van der Waals surface area contributed by atoms with Gasteiger partial charge in [0, 0.05) is 17.4 Å². The zero-order chi connectivity index (χ0) is 13.5. The van der Waals surface area contributed by atoms with E-state index in [-0.39, 0.29) is 10.4 Å². The fourth-order valence-corrected chi connectivity index (χ4v) is 2.21. The maximum atomic E-state index is 13.7. The summed E-state index contributed by atoms with van der Waals surface area (Å²) in [5.41, 5.74) is 6.51. The van der Waals surface area contributed by atoms with Gasteiger partial charge in [-0.05, 0) is 24.6 Å². The monoisotopic (exact) mass is 276 g/mol. The van der Waals surface area contributed by atoms with Crippen LogP contribution < -0.4 is 5.73 Å². The van der Waals surface area contributed by atoms with Crippen molar-refractivity contribution in [1.29, 1.82) is 0 Å². The van der Waals surface area contributed by atoms with Crippen molar-refractivity contribution in [3.63, 3.8) is 0 Å². The quantitative estimate of drug-likeness (QED) is 0.634. The van der Waals surface area contributed by atoms with Gasteiger partial charge in [0.05, 0.1) is 4.88 Å². The van der Waals surface area contributed by atoms with Gasteiger partial charge in [-0.15, -0.1) is 11.3 Å². The normalized spacial score (nSPS) is 11.8. The third-order valence-corrected chi connectivity index (χ3v) is 3.44. The zero-order valence-electron chi connectivity index (χ0n) is 9.18. The maximum Gasteiger partial charge on any atom is 0.443 e. The third-order valence-electron chi connectivity index (χ3n) is 2.37. The first kappa shape index (κ1) is 12.8. The number of rotatable bonds is 1. The van der Waals surface area contributed by atoms with Gasteiger partial charge in [-0.2, -0.15) is 13.2 Å². The van der Waals surface area contributed by atoms with E-state index in [1.807, 2.05) is 0 Å². The van der Waals surface area contributed by atoms with Crippen LogP contribution in [0.2, 0.25) is 0 Å². The summed E-state index contributed by atoms with van der Waals surface area (Å²) >= 11 is 0.390. The number of hydrogen-bond donors (Lipinski definition) is 1. The molecule has 1 aromatic heterocycles. The van der Waals surface area contributed by atoms with Crippen molar-refractivity contribution in [3.8, 4) is 10.4 Å². The SMILES string of the molecule is Cc1cc(F)c(-c2cnc(C(F)(F)F)s2)cc1N. The van der Waals surface area contributed by atoms with Crippen LogP contribution in [0.4, 0.5) is 23.2 Å². The van der Waals surface area contributed by atoms with Gasteiger partial charge in [0.1, 0.15) is 5.82 Å². The molecule has 0 aliphatic rings. The van der Waals surface area contributed by atoms with E-state index in [0.717, 1.165) is 6.20 Å². The third kappa shape index (κ3) is 2.31. The van der Waals surface area contributed by atoms with Gasteiger partial charge in [-0.25, -0.2) is 9.37 Å². The lowest BCUT2D eigenvalue weighted by atomic mass is 10.1. The Balaban J connectivity index is 2.50. The second kappa shape index (κ2) is 4.24. The number of nitrogens with two attached hydrogens (primary N) is 1. The van der Waals surface area contributed by atoms with Crippen LogP contribution in [0, 0.1) is 12.7 Å². The topological polar surface area (TPSA) is 38.9 Å². The van der Waals surface area contributed by atoms with Gasteiger partial charge in [0.25, 0.3) is 0 Å². The first-order valence-corrected chi connectivity index (χ1v) is 5.69. The lowest BCUT2D eigenvalue weighted by Crippen LogP contribution is -2.02. The number of aromatic nitrogens is 1. The maximum absolute atomic E-state index is 13.7. The molecule has 0 fully saturated rings. The van der Waals surface area contributed by atoms with E-state index in [1.54, 1.807) is 6.92 Å². The Morgan fingerprint density at radius 3 is 2.50 bits per heavy atom. The number of nitrogens with zero attached hydrogens (tertiary/aromatic N) is 1. The molecule has 7 heteroatoms. The molecule has 0 atom stereocenters. The fourth-order valence-electron chi connectivity index (χ4n) is 1.41. The zero-order valence-corrected chi connectivity index (χ0v) is 9.99. The Bertz CT molecular complexity index is 589. The summed E-state index contributed by atoms with van der Waals surface area (Å²) in [6.45, 7) is 1.62. The molecule has 0 saturated carbocycles. The van der Waals surface area contributed by atoms with Crippen molar-refractivity contribution in [1.82, 2.24) is 4.98 Å². The van der Waals surface area contributed by atoms with Crippen LogP contribution in [0.15, 0.2) is 18.3 Å². The summed E-state index contributed by atoms with van der Waals surface area (Å²) in [7, 11) is 0. The molecule has 0 spiro atoms. The molecule has 2 rings (SSSR count). The van der Waals surface area contributed by atoms with Crippen LogP contribution in [0.5, 0.6) is 0 Å². The summed E-state index contributed by atoms with van der Waals surface area (Å²) < 4.78 is 50.8. The first-order chi connectivity index (χ1) is 8.29. The molecule has 0 aliphatic carbocycles. The minimum Gasteiger partial charge on any atom is -0.398 e. The van der Waals surface area contributed by atoms with E-state index < -0.39 is 17.0 Å². The van der Waals surface area contributed by atoms with Crippen molar-refractivity contribution in [2.75, 3.05) is 5.73 Å². The number of alkyl halides is 3. The van der Waals surface area contributed by atoms with Crippen molar-refractivity contribution in [3.05, 3.63) is 34.7 Å². The van der Waals surface area contributed by atoms with E-state index in [1.165, 1.54) is 12.1 Å². The summed E-state index contributed by atoms with van der Waals surface area (Å²) in [5, 5.41) is -1.00. The molecular formula is C11H8F4N2S. The minimum absolute atomic E-state index is 0.0334. The molecule has 2 N–H and O–H groups in total. The van der Waals surface area contributed by atoms with Crippen LogP contribution in [0.3, 0.4) is 0 Å². The van der Waals surface area contributed by atoms with E-state index >= 15 is 0 Å². The van der Waals surface area contributed by atoms with Gasteiger partial charge in [0.2, 0.25) is 0 Å². The number of hydrogen-bond acceptors (Lipinski definition) is 3.